The van der Waals surface area contributed by atoms with E-state index < -0.39 is 10.0 Å². The molecule has 0 aliphatic carbocycles. The second-order valence-electron chi connectivity index (χ2n) is 4.48. The Bertz CT molecular complexity index is 686. The van der Waals surface area contributed by atoms with Crippen LogP contribution in [0.15, 0.2) is 15.4 Å². The first kappa shape index (κ1) is 14.0. The number of aromatic nitrogens is 2. The van der Waals surface area contributed by atoms with Gasteiger partial charge in [-0.05, 0) is 19.9 Å². The largest absolute Gasteiger partial charge is 0.407 e. The molecule has 0 aromatic carbocycles. The quantitative estimate of drug-likeness (QED) is 0.938. The van der Waals surface area contributed by atoms with Crippen LogP contribution in [0.5, 0.6) is 0 Å². The van der Waals surface area contributed by atoms with Gasteiger partial charge in [-0.15, -0.1) is 16.4 Å². The van der Waals surface area contributed by atoms with Crippen molar-refractivity contribution in [1.82, 2.24) is 10.2 Å². The van der Waals surface area contributed by atoms with Crippen molar-refractivity contribution < 1.29 is 12.8 Å². The zero-order valence-electron chi connectivity index (χ0n) is 11.1. The lowest BCUT2D eigenvalue weighted by Crippen LogP contribution is -2.13. The molecule has 0 bridgehead atoms. The van der Waals surface area contributed by atoms with E-state index in [-0.39, 0.29) is 16.8 Å². The Labute approximate surface area is 115 Å². The standard InChI is InChI=1S/C11H15N3O3S2/c1-6(2)10-12-13-11(17-10)14-19(15,16)9-5-7(3)18-8(9)4/h5-6H,1-4H3,(H,13,14). The summed E-state index contributed by atoms with van der Waals surface area (Å²) in [5, 5.41) is 7.46. The number of thiophene rings is 1. The van der Waals surface area contributed by atoms with E-state index >= 15 is 0 Å². The van der Waals surface area contributed by atoms with E-state index in [0.717, 1.165) is 9.75 Å². The third-order valence-corrected chi connectivity index (χ3v) is 4.98. The molecule has 19 heavy (non-hydrogen) atoms. The van der Waals surface area contributed by atoms with Crippen LogP contribution in [-0.4, -0.2) is 18.6 Å². The van der Waals surface area contributed by atoms with Gasteiger partial charge >= 0.3 is 6.01 Å². The first-order valence-corrected chi connectivity index (χ1v) is 8.03. The van der Waals surface area contributed by atoms with Crippen molar-refractivity contribution in [2.24, 2.45) is 0 Å². The summed E-state index contributed by atoms with van der Waals surface area (Å²) in [6.07, 6.45) is 0. The Hall–Kier alpha value is -1.41. The predicted octanol–water partition coefficient (Wildman–Crippen LogP) is 2.67. The molecule has 0 amide bonds. The molecule has 8 heteroatoms. The van der Waals surface area contributed by atoms with Crippen molar-refractivity contribution in [1.29, 1.82) is 0 Å². The van der Waals surface area contributed by atoms with Crippen molar-refractivity contribution in [2.75, 3.05) is 4.72 Å². The summed E-state index contributed by atoms with van der Waals surface area (Å²) < 4.78 is 31.9. The third kappa shape index (κ3) is 2.95. The molecule has 2 heterocycles. The van der Waals surface area contributed by atoms with Crippen LogP contribution in [0, 0.1) is 13.8 Å². The number of hydrogen-bond donors (Lipinski definition) is 1. The van der Waals surface area contributed by atoms with Gasteiger partial charge in [0.15, 0.2) is 0 Å². The average Bonchev–Trinajstić information content (AvgIpc) is 2.85. The van der Waals surface area contributed by atoms with E-state index in [9.17, 15) is 8.42 Å². The number of sulfonamides is 1. The SMILES string of the molecule is Cc1cc(S(=O)(=O)Nc2nnc(C(C)C)o2)c(C)s1. The van der Waals surface area contributed by atoms with Gasteiger partial charge in [-0.2, -0.15) is 0 Å². The number of hydrogen-bond acceptors (Lipinski definition) is 6. The summed E-state index contributed by atoms with van der Waals surface area (Å²) in [6, 6.07) is 1.52. The minimum absolute atomic E-state index is 0.0517. The van der Waals surface area contributed by atoms with Crippen LogP contribution in [0.2, 0.25) is 0 Å². The van der Waals surface area contributed by atoms with Crippen LogP contribution in [0.3, 0.4) is 0 Å². The molecule has 0 saturated heterocycles. The predicted molar refractivity (Wildman–Crippen MR) is 73.0 cm³/mol. The molecule has 2 aromatic rings. The Balaban J connectivity index is 2.28. The topological polar surface area (TPSA) is 85.1 Å². The van der Waals surface area contributed by atoms with Crippen molar-refractivity contribution in [3.8, 4) is 0 Å². The van der Waals surface area contributed by atoms with E-state index in [0.29, 0.717) is 5.89 Å². The molecule has 2 aromatic heterocycles. The van der Waals surface area contributed by atoms with Gasteiger partial charge < -0.3 is 4.42 Å². The van der Waals surface area contributed by atoms with Crippen molar-refractivity contribution in [2.45, 2.75) is 38.5 Å². The van der Waals surface area contributed by atoms with E-state index in [1.54, 1.807) is 13.0 Å². The Morgan fingerprint density at radius 2 is 2.00 bits per heavy atom. The highest BCUT2D eigenvalue weighted by Crippen LogP contribution is 2.26. The van der Waals surface area contributed by atoms with Gasteiger partial charge in [0.25, 0.3) is 10.0 Å². The monoisotopic (exact) mass is 301 g/mol. The minimum atomic E-state index is -3.67. The summed E-state index contributed by atoms with van der Waals surface area (Å²) in [4.78, 5) is 1.92. The molecule has 6 nitrogen and oxygen atoms in total. The Morgan fingerprint density at radius 3 is 2.47 bits per heavy atom. The maximum Gasteiger partial charge on any atom is 0.329 e. The molecule has 2 rings (SSSR count). The van der Waals surface area contributed by atoms with Crippen LogP contribution in [0.4, 0.5) is 6.01 Å². The second-order valence-corrected chi connectivity index (χ2v) is 7.59. The lowest BCUT2D eigenvalue weighted by atomic mass is 10.2. The Morgan fingerprint density at radius 1 is 1.32 bits per heavy atom. The lowest BCUT2D eigenvalue weighted by Gasteiger charge is -2.02. The second kappa shape index (κ2) is 4.93. The number of nitrogens with one attached hydrogen (secondary N) is 1. The summed E-state index contributed by atoms with van der Waals surface area (Å²) >= 11 is 1.43. The minimum Gasteiger partial charge on any atom is -0.407 e. The van der Waals surface area contributed by atoms with Gasteiger partial charge in [-0.25, -0.2) is 13.1 Å². The van der Waals surface area contributed by atoms with Gasteiger partial charge in [0.1, 0.15) is 4.90 Å². The van der Waals surface area contributed by atoms with Crippen molar-refractivity contribution in [3.05, 3.63) is 21.7 Å². The number of nitrogens with zero attached hydrogens (tertiary/aromatic N) is 2. The molecular weight excluding hydrogens is 286 g/mol. The van der Waals surface area contributed by atoms with Gasteiger partial charge in [0.05, 0.1) is 0 Å². The maximum absolute atomic E-state index is 12.2. The van der Waals surface area contributed by atoms with Crippen molar-refractivity contribution in [3.63, 3.8) is 0 Å². The first-order chi connectivity index (χ1) is 8.79. The number of rotatable bonds is 4. The summed E-state index contributed by atoms with van der Waals surface area (Å²) in [7, 11) is -3.67. The molecule has 0 unspecified atom stereocenters. The molecule has 0 fully saturated rings. The highest BCUT2D eigenvalue weighted by atomic mass is 32.2. The number of anilines is 1. The fourth-order valence-electron chi connectivity index (χ4n) is 1.55. The zero-order chi connectivity index (χ0) is 14.2. The summed E-state index contributed by atoms with van der Waals surface area (Å²) in [5.41, 5.74) is 0. The molecule has 0 aliphatic rings. The molecule has 1 N–H and O–H groups in total. The molecule has 0 aliphatic heterocycles. The van der Waals surface area contributed by atoms with Crippen LogP contribution in [0.1, 0.15) is 35.4 Å². The Kier molecular flexibility index (Phi) is 3.64. The van der Waals surface area contributed by atoms with E-state index in [4.69, 9.17) is 4.42 Å². The third-order valence-electron chi connectivity index (χ3n) is 2.44. The van der Waals surface area contributed by atoms with Crippen LogP contribution < -0.4 is 4.72 Å². The van der Waals surface area contributed by atoms with Crippen LogP contribution >= 0.6 is 11.3 Å². The summed E-state index contributed by atoms with van der Waals surface area (Å²) in [5.74, 6) is 0.451. The maximum atomic E-state index is 12.2. The smallest absolute Gasteiger partial charge is 0.329 e. The molecule has 0 spiro atoms. The fourth-order valence-corrected chi connectivity index (χ4v) is 4.03. The zero-order valence-corrected chi connectivity index (χ0v) is 12.7. The van der Waals surface area contributed by atoms with Gasteiger partial charge in [0, 0.05) is 15.7 Å². The molecule has 0 radical (unpaired) electrons. The highest BCUT2D eigenvalue weighted by molar-refractivity contribution is 7.92. The highest BCUT2D eigenvalue weighted by Gasteiger charge is 2.22. The average molecular weight is 301 g/mol. The van der Waals surface area contributed by atoms with Crippen LogP contribution in [0.25, 0.3) is 0 Å². The van der Waals surface area contributed by atoms with E-state index in [1.807, 2.05) is 20.8 Å². The fraction of sp³-hybridized carbons (Fsp3) is 0.455. The lowest BCUT2D eigenvalue weighted by molar-refractivity contribution is 0.483. The van der Waals surface area contributed by atoms with Gasteiger partial charge in [-0.3, -0.25) is 0 Å². The molecular formula is C11H15N3O3S2. The molecule has 0 saturated carbocycles. The molecule has 104 valence electrons. The van der Waals surface area contributed by atoms with Gasteiger partial charge in [-0.1, -0.05) is 18.9 Å². The van der Waals surface area contributed by atoms with E-state index in [2.05, 4.69) is 14.9 Å². The van der Waals surface area contributed by atoms with Crippen molar-refractivity contribution >= 4 is 27.4 Å². The van der Waals surface area contributed by atoms with Gasteiger partial charge in [0.2, 0.25) is 5.89 Å². The normalized spacial score (nSPS) is 12.1. The van der Waals surface area contributed by atoms with E-state index in [1.165, 1.54) is 11.3 Å². The first-order valence-electron chi connectivity index (χ1n) is 5.73. The van der Waals surface area contributed by atoms with Crippen LogP contribution in [-0.2, 0) is 10.0 Å². The number of aryl methyl sites for hydroxylation is 2. The summed E-state index contributed by atoms with van der Waals surface area (Å²) in [6.45, 7) is 7.40. The molecule has 0 atom stereocenters.